The van der Waals surface area contributed by atoms with Gasteiger partial charge in [0, 0.05) is 6.07 Å². The van der Waals surface area contributed by atoms with Gasteiger partial charge in [0.25, 0.3) is 0 Å². The molecule has 0 N–H and O–H groups in total. The first kappa shape index (κ1) is 14.0. The molecule has 18 heavy (non-hydrogen) atoms. The van der Waals surface area contributed by atoms with Crippen LogP contribution in [0.25, 0.3) is 0 Å². The topological polar surface area (TPSA) is 78.7 Å². The van der Waals surface area contributed by atoms with Crippen molar-refractivity contribution < 1.29 is 19.2 Å². The fourth-order valence-electron chi connectivity index (χ4n) is 1.40. The van der Waals surface area contributed by atoms with Crippen molar-refractivity contribution in [2.45, 2.75) is 20.3 Å². The van der Waals surface area contributed by atoms with Gasteiger partial charge in [-0.25, -0.2) is 4.79 Å². The predicted octanol–water partition coefficient (Wildman–Crippen LogP) is 2.56. The molecule has 0 fully saturated rings. The SMILES string of the molecule is CCCOC(=O)c1cccc([N+](=O)[O-])c1OCC. The van der Waals surface area contributed by atoms with Crippen LogP contribution in [0.5, 0.6) is 5.75 Å². The number of rotatable bonds is 6. The summed E-state index contributed by atoms with van der Waals surface area (Å²) in [4.78, 5) is 22.0. The Kier molecular flexibility index (Phi) is 5.10. The minimum atomic E-state index is -0.607. The van der Waals surface area contributed by atoms with Crippen LogP contribution in [0, 0.1) is 10.1 Å². The van der Waals surface area contributed by atoms with Gasteiger partial charge in [-0.15, -0.1) is 0 Å². The monoisotopic (exact) mass is 253 g/mol. The summed E-state index contributed by atoms with van der Waals surface area (Å²) >= 11 is 0. The molecule has 0 amide bonds. The summed E-state index contributed by atoms with van der Waals surface area (Å²) in [5, 5.41) is 10.9. The smallest absolute Gasteiger partial charge is 0.342 e. The average Bonchev–Trinajstić information content (AvgIpc) is 2.36. The number of carbonyl (C=O) groups excluding carboxylic acids is 1. The van der Waals surface area contributed by atoms with Crippen LogP contribution in [0.15, 0.2) is 18.2 Å². The van der Waals surface area contributed by atoms with Crippen molar-refractivity contribution in [3.63, 3.8) is 0 Å². The number of para-hydroxylation sites is 1. The molecule has 98 valence electrons. The van der Waals surface area contributed by atoms with Crippen LogP contribution in [-0.4, -0.2) is 24.1 Å². The second-order valence-corrected chi connectivity index (χ2v) is 3.48. The standard InChI is InChI=1S/C12H15NO5/c1-3-8-18-12(14)9-6-5-7-10(13(15)16)11(9)17-4-2/h5-7H,3-4,8H2,1-2H3. The van der Waals surface area contributed by atoms with E-state index in [1.54, 1.807) is 6.92 Å². The molecule has 0 radical (unpaired) electrons. The molecule has 0 saturated carbocycles. The minimum Gasteiger partial charge on any atom is -0.487 e. The highest BCUT2D eigenvalue weighted by Crippen LogP contribution is 2.31. The number of hydrogen-bond donors (Lipinski definition) is 0. The van der Waals surface area contributed by atoms with Gasteiger partial charge in [-0.05, 0) is 19.4 Å². The Morgan fingerprint density at radius 3 is 2.67 bits per heavy atom. The molecule has 1 rings (SSSR count). The fourth-order valence-corrected chi connectivity index (χ4v) is 1.40. The van der Waals surface area contributed by atoms with Gasteiger partial charge in [0.15, 0.2) is 0 Å². The molecule has 0 bridgehead atoms. The van der Waals surface area contributed by atoms with Gasteiger partial charge >= 0.3 is 11.7 Å². The highest BCUT2D eigenvalue weighted by atomic mass is 16.6. The van der Waals surface area contributed by atoms with Crippen LogP contribution in [0.3, 0.4) is 0 Å². The van der Waals surface area contributed by atoms with Gasteiger partial charge in [-0.3, -0.25) is 10.1 Å². The van der Waals surface area contributed by atoms with Crippen molar-refractivity contribution in [2.75, 3.05) is 13.2 Å². The lowest BCUT2D eigenvalue weighted by Crippen LogP contribution is -2.10. The number of esters is 1. The molecule has 0 aromatic heterocycles. The van der Waals surface area contributed by atoms with E-state index in [0.29, 0.717) is 6.42 Å². The lowest BCUT2D eigenvalue weighted by molar-refractivity contribution is -0.385. The molecule has 1 aromatic rings. The molecule has 0 aliphatic heterocycles. The second kappa shape index (κ2) is 6.58. The zero-order valence-electron chi connectivity index (χ0n) is 10.3. The summed E-state index contributed by atoms with van der Waals surface area (Å²) in [7, 11) is 0. The molecule has 0 spiro atoms. The van der Waals surface area contributed by atoms with Crippen molar-refractivity contribution in [3.8, 4) is 5.75 Å². The van der Waals surface area contributed by atoms with Gasteiger partial charge in [0.2, 0.25) is 5.75 Å². The third-order valence-corrected chi connectivity index (χ3v) is 2.14. The molecule has 0 aliphatic carbocycles. The Hall–Kier alpha value is -2.11. The zero-order chi connectivity index (χ0) is 13.5. The quantitative estimate of drug-likeness (QED) is 0.442. The van der Waals surface area contributed by atoms with Crippen molar-refractivity contribution >= 4 is 11.7 Å². The first-order chi connectivity index (χ1) is 8.61. The van der Waals surface area contributed by atoms with Gasteiger partial charge in [0.1, 0.15) is 5.56 Å². The molecule has 1 aromatic carbocycles. The first-order valence-electron chi connectivity index (χ1n) is 5.69. The zero-order valence-corrected chi connectivity index (χ0v) is 10.3. The minimum absolute atomic E-state index is 0.0360. The molecule has 0 aliphatic rings. The van der Waals surface area contributed by atoms with Crippen molar-refractivity contribution in [3.05, 3.63) is 33.9 Å². The Morgan fingerprint density at radius 2 is 2.11 bits per heavy atom. The fraction of sp³-hybridized carbons (Fsp3) is 0.417. The first-order valence-corrected chi connectivity index (χ1v) is 5.69. The number of ether oxygens (including phenoxy) is 2. The average molecular weight is 253 g/mol. The van der Waals surface area contributed by atoms with E-state index in [1.165, 1.54) is 18.2 Å². The largest absolute Gasteiger partial charge is 0.487 e. The maximum atomic E-state index is 11.7. The second-order valence-electron chi connectivity index (χ2n) is 3.48. The van der Waals surface area contributed by atoms with Crippen LogP contribution in [-0.2, 0) is 4.74 Å². The molecule has 6 heteroatoms. The molecule has 0 atom stereocenters. The van der Waals surface area contributed by atoms with E-state index in [9.17, 15) is 14.9 Å². The number of nitro benzene ring substituents is 1. The van der Waals surface area contributed by atoms with E-state index in [1.807, 2.05) is 6.92 Å². The maximum absolute atomic E-state index is 11.7. The summed E-state index contributed by atoms with van der Waals surface area (Å²) in [6.45, 7) is 4.06. The number of nitrogens with zero attached hydrogens (tertiary/aromatic N) is 1. The van der Waals surface area contributed by atoms with Crippen LogP contribution >= 0.6 is 0 Å². The van der Waals surface area contributed by atoms with Crippen LogP contribution in [0.4, 0.5) is 5.69 Å². The third kappa shape index (κ3) is 3.19. The highest BCUT2D eigenvalue weighted by Gasteiger charge is 2.23. The molecule has 0 unspecified atom stereocenters. The summed E-state index contributed by atoms with van der Waals surface area (Å²) in [6, 6.07) is 4.18. The van der Waals surface area contributed by atoms with Crippen LogP contribution in [0.2, 0.25) is 0 Å². The Morgan fingerprint density at radius 1 is 1.39 bits per heavy atom. The lowest BCUT2D eigenvalue weighted by Gasteiger charge is -2.09. The van der Waals surface area contributed by atoms with E-state index in [-0.39, 0.29) is 30.2 Å². The number of hydrogen-bond acceptors (Lipinski definition) is 5. The van der Waals surface area contributed by atoms with E-state index in [2.05, 4.69) is 0 Å². The molecular weight excluding hydrogens is 238 g/mol. The Bertz CT molecular complexity index is 444. The van der Waals surface area contributed by atoms with Gasteiger partial charge in [0.05, 0.1) is 18.1 Å². The van der Waals surface area contributed by atoms with E-state index in [4.69, 9.17) is 9.47 Å². The Labute approximate surface area is 105 Å². The molecule has 0 heterocycles. The third-order valence-electron chi connectivity index (χ3n) is 2.14. The molecule has 0 saturated heterocycles. The van der Waals surface area contributed by atoms with E-state index < -0.39 is 10.9 Å². The highest BCUT2D eigenvalue weighted by molar-refractivity contribution is 5.94. The van der Waals surface area contributed by atoms with Crippen LogP contribution < -0.4 is 4.74 Å². The normalized spacial score (nSPS) is 9.89. The van der Waals surface area contributed by atoms with Crippen molar-refractivity contribution in [1.29, 1.82) is 0 Å². The van der Waals surface area contributed by atoms with E-state index >= 15 is 0 Å². The van der Waals surface area contributed by atoms with Crippen molar-refractivity contribution in [2.24, 2.45) is 0 Å². The maximum Gasteiger partial charge on any atom is 0.342 e. The molecular formula is C12H15NO5. The summed E-state index contributed by atoms with van der Waals surface area (Å²) in [6.07, 6.45) is 0.685. The summed E-state index contributed by atoms with van der Waals surface area (Å²) in [5.74, 6) is -0.643. The number of nitro groups is 1. The number of carbonyl (C=O) groups is 1. The van der Waals surface area contributed by atoms with Gasteiger partial charge in [-0.2, -0.15) is 0 Å². The lowest BCUT2D eigenvalue weighted by atomic mass is 10.1. The summed E-state index contributed by atoms with van der Waals surface area (Å²) in [5.41, 5.74) is -0.151. The predicted molar refractivity (Wildman–Crippen MR) is 64.8 cm³/mol. The molecule has 6 nitrogen and oxygen atoms in total. The number of benzene rings is 1. The summed E-state index contributed by atoms with van der Waals surface area (Å²) < 4.78 is 10.1. The van der Waals surface area contributed by atoms with Gasteiger partial charge in [-0.1, -0.05) is 13.0 Å². The van der Waals surface area contributed by atoms with Gasteiger partial charge < -0.3 is 9.47 Å². The Balaban J connectivity index is 3.13. The van der Waals surface area contributed by atoms with Crippen molar-refractivity contribution in [1.82, 2.24) is 0 Å². The van der Waals surface area contributed by atoms with E-state index in [0.717, 1.165) is 0 Å². The van der Waals surface area contributed by atoms with Crippen LogP contribution in [0.1, 0.15) is 30.6 Å².